The molecule has 0 aliphatic carbocycles. The lowest BCUT2D eigenvalue weighted by molar-refractivity contribution is -0.131. The Kier molecular flexibility index (Phi) is 17.4. The summed E-state index contributed by atoms with van der Waals surface area (Å²) >= 11 is 0. The number of amides is 2. The maximum absolute atomic E-state index is 12.3. The highest BCUT2D eigenvalue weighted by molar-refractivity contribution is 6.00. The quantitative estimate of drug-likeness (QED) is 0.207. The summed E-state index contributed by atoms with van der Waals surface area (Å²) in [4.78, 5) is 24.5. The van der Waals surface area contributed by atoms with Gasteiger partial charge >= 0.3 is 0 Å². The first-order valence-electron chi connectivity index (χ1n) is 11.3. The second kappa shape index (κ2) is 17.3. The van der Waals surface area contributed by atoms with Crippen molar-refractivity contribution < 1.29 is 45.3 Å². The van der Waals surface area contributed by atoms with Crippen LogP contribution < -0.4 is 10.6 Å². The van der Waals surface area contributed by atoms with E-state index < -0.39 is 49.4 Å². The van der Waals surface area contributed by atoms with E-state index in [0.717, 1.165) is 0 Å². The number of nitrogens with one attached hydrogen (secondary N) is 2. The topological polar surface area (TPSA) is 200 Å². The molecule has 0 radical (unpaired) electrons. The van der Waals surface area contributed by atoms with Gasteiger partial charge in [0.05, 0.1) is 13.2 Å². The molecule has 4 unspecified atom stereocenters. The minimum atomic E-state index is -1.91. The lowest BCUT2D eigenvalue weighted by Crippen LogP contribution is -2.41. The van der Waals surface area contributed by atoms with Gasteiger partial charge in [0.2, 0.25) is 0 Å². The van der Waals surface area contributed by atoms with E-state index in [4.69, 9.17) is 10.2 Å². The van der Waals surface area contributed by atoms with E-state index in [9.17, 15) is 35.1 Å². The Hall–Kier alpha value is -2.12. The summed E-state index contributed by atoms with van der Waals surface area (Å²) in [7, 11) is 0. The summed E-state index contributed by atoms with van der Waals surface area (Å²) in [5.41, 5.74) is 2.43. The average molecular weight is 491 g/mol. The molecule has 198 valence electrons. The molecule has 0 aliphatic rings. The van der Waals surface area contributed by atoms with Crippen LogP contribution in [0.25, 0.3) is 0 Å². The average Bonchev–Trinajstić information content (AvgIpc) is 2.87. The largest absolute Gasteiger partial charge is 0.396 e. The van der Waals surface area contributed by atoms with E-state index in [1.54, 1.807) is 20.8 Å². The van der Waals surface area contributed by atoms with Crippen LogP contribution in [0.15, 0.2) is 0 Å². The van der Waals surface area contributed by atoms with E-state index in [1.807, 2.05) is 27.7 Å². The molecular formula is C23H42N2O9. The number of aliphatic hydroxyl groups excluding tert-OH is 7. The van der Waals surface area contributed by atoms with Crippen LogP contribution in [0.4, 0.5) is 11.4 Å². The number of hydrogen-bond acceptors (Lipinski definition) is 9. The van der Waals surface area contributed by atoms with Gasteiger partial charge in [-0.2, -0.15) is 0 Å². The zero-order valence-electron chi connectivity index (χ0n) is 21.1. The fraction of sp³-hybridized carbons (Fsp3) is 0.652. The molecule has 1 aromatic rings. The summed E-state index contributed by atoms with van der Waals surface area (Å²) in [5, 5.41) is 70.7. The second-order valence-electron chi connectivity index (χ2n) is 6.95. The van der Waals surface area contributed by atoms with Crippen molar-refractivity contribution in [2.75, 3.05) is 30.5 Å². The Bertz CT molecular complexity index is 714. The zero-order chi connectivity index (χ0) is 27.2. The van der Waals surface area contributed by atoms with Gasteiger partial charge in [0, 0.05) is 18.0 Å². The van der Waals surface area contributed by atoms with Crippen molar-refractivity contribution in [3.05, 3.63) is 22.3 Å². The van der Waals surface area contributed by atoms with Gasteiger partial charge in [-0.05, 0) is 49.4 Å². The number of benzene rings is 1. The van der Waals surface area contributed by atoms with Gasteiger partial charge in [0.25, 0.3) is 11.8 Å². The van der Waals surface area contributed by atoms with E-state index in [-0.39, 0.29) is 24.4 Å². The molecule has 0 aliphatic heterocycles. The third-order valence-electron chi connectivity index (χ3n) is 4.90. The molecule has 1 rings (SSSR count). The molecule has 2 amide bonds. The van der Waals surface area contributed by atoms with Crippen molar-refractivity contribution in [1.82, 2.24) is 0 Å². The maximum Gasteiger partial charge on any atom is 0.256 e. The molecule has 11 nitrogen and oxygen atoms in total. The highest BCUT2D eigenvalue weighted by Gasteiger charge is 2.28. The highest BCUT2D eigenvalue weighted by atomic mass is 16.4. The lowest BCUT2D eigenvalue weighted by atomic mass is 9.92. The Labute approximate surface area is 201 Å². The standard InChI is InChI=1S/C19H30N2O9.2C2H6/c1-8-11(4-5-22)9(2)15(21-19(30)17(28)13(26)7-24)10(3)14(8)20-18(29)16(27)12(25)6-23;2*1-2/h12-13,16-17,22-28H,4-7H2,1-3H3,(H,20,29)(H,21,30);2*1-2H3. The molecular weight excluding hydrogens is 448 g/mol. The summed E-state index contributed by atoms with van der Waals surface area (Å²) in [5.74, 6) is -1.98. The fourth-order valence-electron chi connectivity index (χ4n) is 3.08. The third kappa shape index (κ3) is 8.91. The van der Waals surface area contributed by atoms with Gasteiger partial charge < -0.3 is 46.4 Å². The van der Waals surface area contributed by atoms with Crippen molar-refractivity contribution >= 4 is 23.2 Å². The van der Waals surface area contributed by atoms with Crippen LogP contribution in [0.2, 0.25) is 0 Å². The number of rotatable bonds is 10. The van der Waals surface area contributed by atoms with Crippen LogP contribution in [0, 0.1) is 20.8 Å². The smallest absolute Gasteiger partial charge is 0.256 e. The molecule has 0 fully saturated rings. The molecule has 11 heteroatoms. The van der Waals surface area contributed by atoms with Crippen molar-refractivity contribution in [3.63, 3.8) is 0 Å². The fourth-order valence-corrected chi connectivity index (χ4v) is 3.08. The molecule has 0 spiro atoms. The monoisotopic (exact) mass is 490 g/mol. The van der Waals surface area contributed by atoms with Crippen LogP contribution in [-0.2, 0) is 16.0 Å². The van der Waals surface area contributed by atoms with Gasteiger partial charge in [-0.25, -0.2) is 0 Å². The van der Waals surface area contributed by atoms with Crippen molar-refractivity contribution in [2.45, 2.75) is 79.3 Å². The SMILES string of the molecule is CC.CC.Cc1c(CCO)c(C)c(NC(=O)C(O)C(O)CO)c(C)c1NC(=O)C(O)C(O)CO. The highest BCUT2D eigenvalue weighted by Crippen LogP contribution is 2.35. The van der Waals surface area contributed by atoms with Crippen molar-refractivity contribution in [3.8, 4) is 0 Å². The number of anilines is 2. The normalized spacial score (nSPS) is 13.8. The number of carbonyl (C=O) groups is 2. The Morgan fingerprint density at radius 1 is 0.676 bits per heavy atom. The maximum atomic E-state index is 12.3. The third-order valence-corrected chi connectivity index (χ3v) is 4.90. The molecule has 0 bridgehead atoms. The second-order valence-corrected chi connectivity index (χ2v) is 6.95. The summed E-state index contributed by atoms with van der Waals surface area (Å²) < 4.78 is 0. The van der Waals surface area contributed by atoms with E-state index >= 15 is 0 Å². The number of carbonyl (C=O) groups excluding carboxylic acids is 2. The summed E-state index contributed by atoms with van der Waals surface area (Å²) in [6.07, 6.45) is -7.02. The number of aliphatic hydroxyl groups is 7. The molecule has 9 N–H and O–H groups in total. The molecule has 0 saturated carbocycles. The van der Waals surface area contributed by atoms with E-state index in [2.05, 4.69) is 10.6 Å². The first kappa shape index (κ1) is 34.0. The Balaban J connectivity index is 0. The molecule has 1 aromatic carbocycles. The van der Waals surface area contributed by atoms with Crippen LogP contribution >= 0.6 is 0 Å². The van der Waals surface area contributed by atoms with Crippen molar-refractivity contribution in [2.24, 2.45) is 0 Å². The van der Waals surface area contributed by atoms with E-state index in [1.165, 1.54) is 0 Å². The number of hydrogen-bond donors (Lipinski definition) is 9. The van der Waals surface area contributed by atoms with Gasteiger partial charge in [-0.3, -0.25) is 9.59 Å². The minimum Gasteiger partial charge on any atom is -0.396 e. The first-order chi connectivity index (χ1) is 16.0. The van der Waals surface area contributed by atoms with Crippen LogP contribution in [0.1, 0.15) is 49.9 Å². The predicted octanol–water partition coefficient (Wildman–Crippen LogP) is -0.496. The van der Waals surface area contributed by atoms with Gasteiger partial charge in [-0.15, -0.1) is 0 Å². The van der Waals surface area contributed by atoms with Crippen LogP contribution in [0.5, 0.6) is 0 Å². The molecule has 34 heavy (non-hydrogen) atoms. The van der Waals surface area contributed by atoms with E-state index in [0.29, 0.717) is 22.3 Å². The molecule has 0 heterocycles. The summed E-state index contributed by atoms with van der Waals surface area (Å²) in [6.45, 7) is 11.0. The van der Waals surface area contributed by atoms with Gasteiger partial charge in [0.15, 0.2) is 12.2 Å². The minimum absolute atomic E-state index is 0.174. The van der Waals surface area contributed by atoms with Crippen LogP contribution in [-0.4, -0.2) is 91.8 Å². The van der Waals surface area contributed by atoms with Crippen molar-refractivity contribution in [1.29, 1.82) is 0 Å². The molecule has 0 saturated heterocycles. The van der Waals surface area contributed by atoms with Crippen LogP contribution in [0.3, 0.4) is 0 Å². The first-order valence-corrected chi connectivity index (χ1v) is 11.3. The Morgan fingerprint density at radius 2 is 1.00 bits per heavy atom. The lowest BCUT2D eigenvalue weighted by Gasteiger charge is -2.25. The molecule has 4 atom stereocenters. The van der Waals surface area contributed by atoms with Gasteiger partial charge in [-0.1, -0.05) is 27.7 Å². The predicted molar refractivity (Wildman–Crippen MR) is 130 cm³/mol. The molecule has 0 aromatic heterocycles. The van der Waals surface area contributed by atoms with Gasteiger partial charge in [0.1, 0.15) is 12.2 Å². The summed E-state index contributed by atoms with van der Waals surface area (Å²) in [6, 6.07) is 0. The zero-order valence-corrected chi connectivity index (χ0v) is 21.1. The Morgan fingerprint density at radius 3 is 1.26 bits per heavy atom.